The van der Waals surface area contributed by atoms with Gasteiger partial charge in [0.2, 0.25) is 5.91 Å². The zero-order valence-electron chi connectivity index (χ0n) is 15.0. The molecule has 0 aromatic heterocycles. The summed E-state index contributed by atoms with van der Waals surface area (Å²) in [5.41, 5.74) is 6.89. The van der Waals surface area contributed by atoms with Gasteiger partial charge in [-0.1, -0.05) is 30.3 Å². The van der Waals surface area contributed by atoms with Gasteiger partial charge in [-0.15, -0.1) is 12.4 Å². The number of carbonyl (C=O) groups excluding carboxylic acids is 1. The van der Waals surface area contributed by atoms with Crippen molar-refractivity contribution < 1.29 is 14.3 Å². The number of benzene rings is 2. The minimum atomic E-state index is -1.09. The number of halogens is 1. The molecule has 2 N–H and O–H groups in total. The zero-order chi connectivity index (χ0) is 17.7. The topological polar surface area (TPSA) is 64.8 Å². The Balaban J connectivity index is 0.00000312. The number of carbonyl (C=O) groups is 1. The second-order valence-electron chi connectivity index (χ2n) is 5.91. The number of hydrogen-bond donors (Lipinski definition) is 1. The van der Waals surface area contributed by atoms with Gasteiger partial charge < -0.3 is 20.1 Å². The fraction of sp³-hybridized carbons (Fsp3) is 0.316. The molecule has 0 radical (unpaired) electrons. The van der Waals surface area contributed by atoms with Crippen molar-refractivity contribution in [2.45, 2.75) is 19.0 Å². The minimum absolute atomic E-state index is 0. The summed E-state index contributed by atoms with van der Waals surface area (Å²) < 4.78 is 10.6. The van der Waals surface area contributed by atoms with Crippen LogP contribution in [0.2, 0.25) is 0 Å². The second-order valence-corrected chi connectivity index (χ2v) is 5.91. The normalized spacial score (nSPS) is 12.5. The third kappa shape index (κ3) is 4.65. The maximum absolute atomic E-state index is 12.8. The van der Waals surface area contributed by atoms with E-state index in [1.807, 2.05) is 42.5 Å². The van der Waals surface area contributed by atoms with E-state index in [1.165, 1.54) is 0 Å². The highest BCUT2D eigenvalue weighted by Crippen LogP contribution is 2.27. The van der Waals surface area contributed by atoms with Crippen LogP contribution >= 0.6 is 12.4 Å². The first-order valence-corrected chi connectivity index (χ1v) is 7.71. The van der Waals surface area contributed by atoms with Crippen LogP contribution in [0.4, 0.5) is 0 Å². The number of ether oxygens (including phenoxy) is 2. The van der Waals surface area contributed by atoms with Gasteiger partial charge in [0.1, 0.15) is 17.0 Å². The van der Waals surface area contributed by atoms with E-state index < -0.39 is 5.54 Å². The standard InChI is InChI=1S/C19H24N2O3.ClH/c1-19(20,15-8-6-5-7-9-15)18(22)21(2)13-14-10-11-16(23-3)12-17(14)24-4;/h5-12H,13,20H2,1-4H3;1H. The van der Waals surface area contributed by atoms with E-state index in [1.54, 1.807) is 39.2 Å². The first kappa shape index (κ1) is 20.8. The van der Waals surface area contributed by atoms with Crippen LogP contribution in [-0.2, 0) is 16.9 Å². The van der Waals surface area contributed by atoms with Gasteiger partial charge in [0.05, 0.1) is 14.2 Å². The average Bonchev–Trinajstić information content (AvgIpc) is 2.61. The lowest BCUT2D eigenvalue weighted by atomic mass is 9.91. The Hall–Kier alpha value is -2.24. The van der Waals surface area contributed by atoms with Gasteiger partial charge in [0, 0.05) is 25.2 Å². The van der Waals surface area contributed by atoms with Crippen molar-refractivity contribution in [1.82, 2.24) is 4.90 Å². The molecule has 2 rings (SSSR count). The maximum Gasteiger partial charge on any atom is 0.247 e. The summed E-state index contributed by atoms with van der Waals surface area (Å²) >= 11 is 0. The molecule has 0 aliphatic carbocycles. The van der Waals surface area contributed by atoms with E-state index in [0.29, 0.717) is 18.0 Å². The Morgan fingerprint density at radius 2 is 1.76 bits per heavy atom. The molecule has 0 heterocycles. The van der Waals surface area contributed by atoms with Crippen LogP contribution in [0, 0.1) is 0 Å². The Bertz CT molecular complexity index is 705. The summed E-state index contributed by atoms with van der Waals surface area (Å²) in [5, 5.41) is 0. The number of nitrogens with zero attached hydrogens (tertiary/aromatic N) is 1. The van der Waals surface area contributed by atoms with E-state index in [-0.39, 0.29) is 18.3 Å². The maximum atomic E-state index is 12.8. The van der Waals surface area contributed by atoms with E-state index in [2.05, 4.69) is 0 Å². The predicted octanol–water partition coefficient (Wildman–Crippen LogP) is 2.96. The molecule has 136 valence electrons. The van der Waals surface area contributed by atoms with Crippen molar-refractivity contribution in [3.63, 3.8) is 0 Å². The number of likely N-dealkylation sites (N-methyl/N-ethyl adjacent to an activating group) is 1. The monoisotopic (exact) mass is 364 g/mol. The molecule has 5 nitrogen and oxygen atoms in total. The summed E-state index contributed by atoms with van der Waals surface area (Å²) in [6, 6.07) is 14.9. The number of methoxy groups -OCH3 is 2. The first-order valence-electron chi connectivity index (χ1n) is 7.71. The Kier molecular flexibility index (Phi) is 7.27. The third-order valence-electron chi connectivity index (χ3n) is 4.07. The van der Waals surface area contributed by atoms with Gasteiger partial charge in [0.15, 0.2) is 0 Å². The van der Waals surface area contributed by atoms with E-state index >= 15 is 0 Å². The number of amides is 1. The number of rotatable bonds is 6. The lowest BCUT2D eigenvalue weighted by Gasteiger charge is -2.30. The van der Waals surface area contributed by atoms with Crippen LogP contribution < -0.4 is 15.2 Å². The lowest BCUT2D eigenvalue weighted by Crippen LogP contribution is -2.49. The molecule has 2 aromatic rings. The van der Waals surface area contributed by atoms with E-state index in [4.69, 9.17) is 15.2 Å². The molecule has 0 bridgehead atoms. The molecule has 0 saturated heterocycles. The Morgan fingerprint density at radius 3 is 2.32 bits per heavy atom. The zero-order valence-corrected chi connectivity index (χ0v) is 15.8. The van der Waals surface area contributed by atoms with Crippen molar-refractivity contribution in [2.75, 3.05) is 21.3 Å². The SMILES string of the molecule is COc1ccc(CN(C)C(=O)C(C)(N)c2ccccc2)c(OC)c1.Cl. The van der Waals surface area contributed by atoms with Crippen molar-refractivity contribution in [2.24, 2.45) is 5.73 Å². The number of hydrogen-bond acceptors (Lipinski definition) is 4. The fourth-order valence-corrected chi connectivity index (χ4v) is 2.61. The molecule has 0 fully saturated rings. The lowest BCUT2D eigenvalue weighted by molar-refractivity contribution is -0.136. The van der Waals surface area contributed by atoms with Crippen LogP contribution in [0.1, 0.15) is 18.1 Å². The highest BCUT2D eigenvalue weighted by molar-refractivity contribution is 5.87. The molecular weight excluding hydrogens is 340 g/mol. The van der Waals surface area contributed by atoms with Crippen molar-refractivity contribution in [3.05, 3.63) is 59.7 Å². The van der Waals surface area contributed by atoms with Crippen LogP contribution in [0.15, 0.2) is 48.5 Å². The van der Waals surface area contributed by atoms with Gasteiger partial charge in [-0.25, -0.2) is 0 Å². The summed E-state index contributed by atoms with van der Waals surface area (Å²) in [6.45, 7) is 2.12. The van der Waals surface area contributed by atoms with Crippen LogP contribution in [0.3, 0.4) is 0 Å². The van der Waals surface area contributed by atoms with Gasteiger partial charge in [-0.2, -0.15) is 0 Å². The molecule has 1 unspecified atom stereocenters. The van der Waals surface area contributed by atoms with E-state index in [9.17, 15) is 4.79 Å². The minimum Gasteiger partial charge on any atom is -0.497 e. The summed E-state index contributed by atoms with van der Waals surface area (Å²) in [6.07, 6.45) is 0. The van der Waals surface area contributed by atoms with Crippen molar-refractivity contribution in [3.8, 4) is 11.5 Å². The van der Waals surface area contributed by atoms with Gasteiger partial charge in [-0.05, 0) is 24.6 Å². The van der Waals surface area contributed by atoms with E-state index in [0.717, 1.165) is 11.1 Å². The van der Waals surface area contributed by atoms with Gasteiger partial charge in [0.25, 0.3) is 0 Å². The molecule has 0 aliphatic rings. The molecule has 2 aromatic carbocycles. The quantitative estimate of drug-likeness (QED) is 0.855. The van der Waals surface area contributed by atoms with Gasteiger partial charge >= 0.3 is 0 Å². The van der Waals surface area contributed by atoms with Gasteiger partial charge in [-0.3, -0.25) is 4.79 Å². The highest BCUT2D eigenvalue weighted by Gasteiger charge is 2.33. The van der Waals surface area contributed by atoms with Crippen molar-refractivity contribution in [1.29, 1.82) is 0 Å². The largest absolute Gasteiger partial charge is 0.497 e. The number of nitrogens with two attached hydrogens (primary N) is 1. The summed E-state index contributed by atoms with van der Waals surface area (Å²) in [4.78, 5) is 14.4. The molecule has 6 heteroatoms. The molecule has 25 heavy (non-hydrogen) atoms. The Labute approximate surface area is 155 Å². The third-order valence-corrected chi connectivity index (χ3v) is 4.07. The predicted molar refractivity (Wildman–Crippen MR) is 101 cm³/mol. The molecule has 1 amide bonds. The van der Waals surface area contributed by atoms with Crippen LogP contribution in [0.25, 0.3) is 0 Å². The summed E-state index contributed by atoms with van der Waals surface area (Å²) in [5.74, 6) is 1.22. The summed E-state index contributed by atoms with van der Waals surface area (Å²) in [7, 11) is 4.93. The Morgan fingerprint density at radius 1 is 1.12 bits per heavy atom. The molecule has 0 aliphatic heterocycles. The first-order chi connectivity index (χ1) is 11.4. The molecule has 0 spiro atoms. The second kappa shape index (κ2) is 8.74. The average molecular weight is 365 g/mol. The highest BCUT2D eigenvalue weighted by atomic mass is 35.5. The molecule has 0 saturated carbocycles. The fourth-order valence-electron chi connectivity index (χ4n) is 2.61. The van der Waals surface area contributed by atoms with Crippen LogP contribution in [0.5, 0.6) is 11.5 Å². The smallest absolute Gasteiger partial charge is 0.247 e. The molecule has 1 atom stereocenters. The van der Waals surface area contributed by atoms with Crippen molar-refractivity contribution >= 4 is 18.3 Å². The molecular formula is C19H25ClN2O3. The van der Waals surface area contributed by atoms with Crippen LogP contribution in [-0.4, -0.2) is 32.1 Å².